The van der Waals surface area contributed by atoms with Gasteiger partial charge in [-0.1, -0.05) is 23.7 Å². The molecule has 1 aliphatic rings. The van der Waals surface area contributed by atoms with E-state index in [-0.39, 0.29) is 12.4 Å². The van der Waals surface area contributed by atoms with Crippen molar-refractivity contribution in [1.82, 2.24) is 0 Å². The monoisotopic (exact) mass is 389 g/mol. The Morgan fingerprint density at radius 2 is 1.96 bits per heavy atom. The predicted octanol–water partition coefficient (Wildman–Crippen LogP) is 4.41. The van der Waals surface area contributed by atoms with Crippen molar-refractivity contribution in [2.75, 3.05) is 17.7 Å². The van der Waals surface area contributed by atoms with Gasteiger partial charge in [-0.05, 0) is 67.1 Å². The Morgan fingerprint density at radius 1 is 1.15 bits per heavy atom. The molecule has 3 rings (SSSR count). The van der Waals surface area contributed by atoms with Crippen LogP contribution >= 0.6 is 23.4 Å². The highest BCUT2D eigenvalue weighted by molar-refractivity contribution is 8.00. The summed E-state index contributed by atoms with van der Waals surface area (Å²) < 4.78 is 5.04. The van der Waals surface area contributed by atoms with Gasteiger partial charge in [0.1, 0.15) is 0 Å². The quantitative estimate of drug-likeness (QED) is 0.587. The number of ether oxygens (including phenoxy) is 1. The number of nitrogens with one attached hydrogen (secondary N) is 1. The molecule has 6 heteroatoms. The van der Waals surface area contributed by atoms with E-state index in [1.165, 1.54) is 29.3 Å². The Kier molecular flexibility index (Phi) is 6.22. The number of halogens is 1. The number of hydrogen-bond donors (Lipinski definition) is 1. The van der Waals surface area contributed by atoms with Gasteiger partial charge in [0.15, 0.2) is 6.61 Å². The summed E-state index contributed by atoms with van der Waals surface area (Å²) in [7, 11) is 0. The molecule has 0 radical (unpaired) electrons. The first-order valence-electron chi connectivity index (χ1n) is 8.47. The Hall–Kier alpha value is -1.98. The molecule has 0 atom stereocenters. The summed E-state index contributed by atoms with van der Waals surface area (Å²) in [5.41, 5.74) is 4.29. The van der Waals surface area contributed by atoms with E-state index in [2.05, 4.69) is 17.4 Å². The van der Waals surface area contributed by atoms with E-state index in [4.69, 9.17) is 16.3 Å². The summed E-state index contributed by atoms with van der Waals surface area (Å²) >= 11 is 7.50. The molecule has 0 spiro atoms. The van der Waals surface area contributed by atoms with E-state index in [0.29, 0.717) is 10.7 Å². The summed E-state index contributed by atoms with van der Waals surface area (Å²) in [4.78, 5) is 24.8. The van der Waals surface area contributed by atoms with Crippen molar-refractivity contribution in [1.29, 1.82) is 0 Å². The minimum atomic E-state index is -0.416. The Balaban J connectivity index is 1.43. The van der Waals surface area contributed by atoms with E-state index < -0.39 is 11.9 Å². The standard InChI is InChI=1S/C20H20ClNO3S/c1-13-5-8-18(17(21)9-13)22-19(23)11-25-20(24)12-26-16-7-6-14-3-2-4-15(14)10-16/h5-10H,2-4,11-12H2,1H3,(H,22,23). The molecular formula is C20H20ClNO3S. The van der Waals surface area contributed by atoms with Crippen LogP contribution in [0, 0.1) is 6.92 Å². The lowest BCUT2D eigenvalue weighted by atomic mass is 10.1. The average Bonchev–Trinajstić information content (AvgIpc) is 3.08. The molecule has 0 fully saturated rings. The van der Waals surface area contributed by atoms with Gasteiger partial charge in [0.2, 0.25) is 0 Å². The maximum absolute atomic E-state index is 11.9. The zero-order chi connectivity index (χ0) is 18.5. The SMILES string of the molecule is Cc1ccc(NC(=O)COC(=O)CSc2ccc3c(c2)CCC3)c(Cl)c1. The van der Waals surface area contributed by atoms with Crippen LogP contribution in [0.25, 0.3) is 0 Å². The summed E-state index contributed by atoms with van der Waals surface area (Å²) in [6, 6.07) is 11.6. The molecule has 0 saturated carbocycles. The van der Waals surface area contributed by atoms with Crippen molar-refractivity contribution in [3.8, 4) is 0 Å². The van der Waals surface area contributed by atoms with E-state index in [1.54, 1.807) is 12.1 Å². The summed E-state index contributed by atoms with van der Waals surface area (Å²) in [5, 5.41) is 3.10. The van der Waals surface area contributed by atoms with Crippen LogP contribution < -0.4 is 5.32 Å². The number of carbonyl (C=O) groups is 2. The molecule has 0 heterocycles. The van der Waals surface area contributed by atoms with Crippen LogP contribution in [-0.2, 0) is 27.2 Å². The van der Waals surface area contributed by atoms with Crippen molar-refractivity contribution in [3.05, 3.63) is 58.1 Å². The zero-order valence-corrected chi connectivity index (χ0v) is 16.1. The van der Waals surface area contributed by atoms with Gasteiger partial charge in [0.25, 0.3) is 5.91 Å². The lowest BCUT2D eigenvalue weighted by Gasteiger charge is -2.09. The minimum Gasteiger partial charge on any atom is -0.455 e. The van der Waals surface area contributed by atoms with Gasteiger partial charge >= 0.3 is 5.97 Å². The third kappa shape index (κ3) is 5.02. The Labute approximate surface area is 162 Å². The summed E-state index contributed by atoms with van der Waals surface area (Å²) in [6.07, 6.45) is 3.45. The molecule has 1 N–H and O–H groups in total. The van der Waals surface area contributed by atoms with Gasteiger partial charge in [0.05, 0.1) is 16.5 Å². The van der Waals surface area contributed by atoms with Gasteiger partial charge in [-0.2, -0.15) is 0 Å². The highest BCUT2D eigenvalue weighted by Crippen LogP contribution is 2.27. The molecule has 0 unspecified atom stereocenters. The highest BCUT2D eigenvalue weighted by atomic mass is 35.5. The summed E-state index contributed by atoms with van der Waals surface area (Å²) in [5.74, 6) is -0.649. The second-order valence-electron chi connectivity index (χ2n) is 6.26. The third-order valence-corrected chi connectivity index (χ3v) is 5.47. The van der Waals surface area contributed by atoms with Crippen LogP contribution in [0.5, 0.6) is 0 Å². The van der Waals surface area contributed by atoms with E-state index in [9.17, 15) is 9.59 Å². The van der Waals surface area contributed by atoms with Crippen molar-refractivity contribution in [2.45, 2.75) is 31.1 Å². The molecule has 1 amide bonds. The number of rotatable bonds is 6. The largest absolute Gasteiger partial charge is 0.455 e. The summed E-state index contributed by atoms with van der Waals surface area (Å²) in [6.45, 7) is 1.59. The highest BCUT2D eigenvalue weighted by Gasteiger charge is 2.13. The van der Waals surface area contributed by atoms with E-state index >= 15 is 0 Å². The average molecular weight is 390 g/mol. The second kappa shape index (κ2) is 8.60. The first-order valence-corrected chi connectivity index (χ1v) is 9.84. The van der Waals surface area contributed by atoms with E-state index in [0.717, 1.165) is 23.3 Å². The lowest BCUT2D eigenvalue weighted by Crippen LogP contribution is -2.21. The third-order valence-electron chi connectivity index (χ3n) is 4.19. The number of fused-ring (bicyclic) bond motifs is 1. The Bertz CT molecular complexity index is 838. The van der Waals surface area contributed by atoms with Crippen LogP contribution in [0.1, 0.15) is 23.1 Å². The number of carbonyl (C=O) groups excluding carboxylic acids is 2. The van der Waals surface area contributed by atoms with E-state index in [1.807, 2.05) is 19.1 Å². The number of anilines is 1. The van der Waals surface area contributed by atoms with Crippen LogP contribution in [-0.4, -0.2) is 24.2 Å². The van der Waals surface area contributed by atoms with Gasteiger partial charge in [-0.3, -0.25) is 9.59 Å². The molecule has 2 aromatic carbocycles. The smallest absolute Gasteiger partial charge is 0.316 e. The molecule has 0 saturated heterocycles. The maximum Gasteiger partial charge on any atom is 0.316 e. The molecular weight excluding hydrogens is 370 g/mol. The van der Waals surface area contributed by atoms with Crippen LogP contribution in [0.15, 0.2) is 41.3 Å². The molecule has 0 aliphatic heterocycles. The number of thioether (sulfide) groups is 1. The zero-order valence-electron chi connectivity index (χ0n) is 14.5. The molecule has 2 aromatic rings. The molecule has 26 heavy (non-hydrogen) atoms. The Morgan fingerprint density at radius 3 is 2.77 bits per heavy atom. The van der Waals surface area contributed by atoms with Crippen molar-refractivity contribution in [2.24, 2.45) is 0 Å². The van der Waals surface area contributed by atoms with Gasteiger partial charge in [0, 0.05) is 4.90 Å². The number of esters is 1. The number of amides is 1. The number of aryl methyl sites for hydroxylation is 3. The van der Waals surface area contributed by atoms with Crippen molar-refractivity contribution < 1.29 is 14.3 Å². The van der Waals surface area contributed by atoms with Crippen molar-refractivity contribution >= 4 is 40.9 Å². The first-order chi connectivity index (χ1) is 12.5. The van der Waals surface area contributed by atoms with Crippen LogP contribution in [0.2, 0.25) is 5.02 Å². The van der Waals surface area contributed by atoms with Gasteiger partial charge in [-0.25, -0.2) is 0 Å². The number of hydrogen-bond acceptors (Lipinski definition) is 4. The van der Waals surface area contributed by atoms with Crippen LogP contribution in [0.3, 0.4) is 0 Å². The first kappa shape index (κ1) is 18.8. The van der Waals surface area contributed by atoms with Gasteiger partial charge < -0.3 is 10.1 Å². The van der Waals surface area contributed by atoms with Gasteiger partial charge in [-0.15, -0.1) is 11.8 Å². The maximum atomic E-state index is 11.9. The fourth-order valence-corrected chi connectivity index (χ4v) is 3.92. The minimum absolute atomic E-state index is 0.178. The fourth-order valence-electron chi connectivity index (χ4n) is 2.88. The molecule has 4 nitrogen and oxygen atoms in total. The fraction of sp³-hybridized carbons (Fsp3) is 0.300. The molecule has 0 bridgehead atoms. The number of benzene rings is 2. The predicted molar refractivity (Wildman–Crippen MR) is 105 cm³/mol. The van der Waals surface area contributed by atoms with Crippen LogP contribution in [0.4, 0.5) is 5.69 Å². The molecule has 136 valence electrons. The normalized spacial score (nSPS) is 12.5. The lowest BCUT2D eigenvalue weighted by molar-refractivity contribution is -0.144. The topological polar surface area (TPSA) is 55.4 Å². The van der Waals surface area contributed by atoms with Crippen molar-refractivity contribution in [3.63, 3.8) is 0 Å². The molecule has 0 aromatic heterocycles. The molecule has 1 aliphatic carbocycles. The second-order valence-corrected chi connectivity index (χ2v) is 7.72.